The molecule has 0 radical (unpaired) electrons. The molecule has 1 aromatic heterocycles. The molecular formula is C10H18N4. The highest BCUT2D eigenvalue weighted by Crippen LogP contribution is 2.22. The molecule has 1 fully saturated rings. The number of likely N-dealkylation sites (tertiary alicyclic amines) is 1. The van der Waals surface area contributed by atoms with Crippen LogP contribution in [-0.4, -0.2) is 33.8 Å². The van der Waals surface area contributed by atoms with Gasteiger partial charge in [0.1, 0.15) is 0 Å². The minimum absolute atomic E-state index is 0.509. The highest BCUT2D eigenvalue weighted by molar-refractivity contribution is 5.30. The van der Waals surface area contributed by atoms with Crippen LogP contribution in [0.5, 0.6) is 0 Å². The van der Waals surface area contributed by atoms with E-state index in [1.54, 1.807) is 6.20 Å². The van der Waals surface area contributed by atoms with Crippen LogP contribution in [0.3, 0.4) is 0 Å². The van der Waals surface area contributed by atoms with Gasteiger partial charge in [0.25, 0.3) is 0 Å². The monoisotopic (exact) mass is 194 g/mol. The summed E-state index contributed by atoms with van der Waals surface area (Å²) in [6, 6.07) is 1.14. The molecule has 0 spiro atoms. The predicted molar refractivity (Wildman–Crippen MR) is 57.0 cm³/mol. The van der Waals surface area contributed by atoms with Gasteiger partial charge in [-0.05, 0) is 20.3 Å². The number of anilines is 1. The lowest BCUT2D eigenvalue weighted by Crippen LogP contribution is -2.28. The Morgan fingerprint density at radius 3 is 2.86 bits per heavy atom. The molecule has 2 N–H and O–H groups in total. The average Bonchev–Trinajstić information content (AvgIpc) is 2.70. The second-order valence-electron chi connectivity index (χ2n) is 4.28. The van der Waals surface area contributed by atoms with Gasteiger partial charge < -0.3 is 5.73 Å². The van der Waals surface area contributed by atoms with Crippen LogP contribution in [0, 0.1) is 0 Å². The van der Waals surface area contributed by atoms with Crippen molar-refractivity contribution in [1.29, 1.82) is 0 Å². The maximum absolute atomic E-state index is 5.64. The van der Waals surface area contributed by atoms with Crippen LogP contribution in [-0.2, 0) is 0 Å². The van der Waals surface area contributed by atoms with E-state index >= 15 is 0 Å². The Morgan fingerprint density at radius 2 is 2.36 bits per heavy atom. The topological polar surface area (TPSA) is 47.1 Å². The van der Waals surface area contributed by atoms with E-state index in [1.165, 1.54) is 13.0 Å². The van der Waals surface area contributed by atoms with Crippen molar-refractivity contribution in [3.05, 3.63) is 12.4 Å². The quantitative estimate of drug-likeness (QED) is 0.767. The summed E-state index contributed by atoms with van der Waals surface area (Å²) in [6.45, 7) is 6.74. The molecule has 1 aliphatic heterocycles. The number of hydrogen-bond acceptors (Lipinski definition) is 3. The van der Waals surface area contributed by atoms with Crippen molar-refractivity contribution in [3.63, 3.8) is 0 Å². The lowest BCUT2D eigenvalue weighted by Gasteiger charge is -2.20. The Kier molecular flexibility index (Phi) is 2.46. The number of hydrogen-bond donors (Lipinski definition) is 1. The van der Waals surface area contributed by atoms with Gasteiger partial charge in [-0.3, -0.25) is 9.58 Å². The fraction of sp³-hybridized carbons (Fsp3) is 0.700. The van der Waals surface area contributed by atoms with E-state index in [9.17, 15) is 0 Å². The number of rotatable bonds is 2. The van der Waals surface area contributed by atoms with Crippen LogP contribution in [0.2, 0.25) is 0 Å². The van der Waals surface area contributed by atoms with Gasteiger partial charge >= 0.3 is 0 Å². The van der Waals surface area contributed by atoms with Crippen molar-refractivity contribution in [2.24, 2.45) is 0 Å². The Morgan fingerprint density at radius 1 is 1.57 bits per heavy atom. The van der Waals surface area contributed by atoms with Gasteiger partial charge in [-0.2, -0.15) is 5.10 Å². The summed E-state index contributed by atoms with van der Waals surface area (Å²) in [5.74, 6) is 0. The Hall–Kier alpha value is -1.03. The Bertz CT molecular complexity index is 305. The maximum atomic E-state index is 5.64. The molecule has 0 saturated carbocycles. The van der Waals surface area contributed by atoms with Crippen molar-refractivity contribution >= 4 is 5.69 Å². The molecule has 2 rings (SSSR count). The zero-order valence-corrected chi connectivity index (χ0v) is 8.85. The van der Waals surface area contributed by atoms with Crippen molar-refractivity contribution in [3.8, 4) is 0 Å². The molecule has 1 aromatic rings. The summed E-state index contributed by atoms with van der Waals surface area (Å²) in [5, 5.41) is 4.26. The van der Waals surface area contributed by atoms with Crippen LogP contribution >= 0.6 is 0 Å². The summed E-state index contributed by atoms with van der Waals surface area (Å²) < 4.78 is 2.00. The van der Waals surface area contributed by atoms with E-state index in [2.05, 4.69) is 23.8 Å². The average molecular weight is 194 g/mol. The Labute approximate surface area is 84.7 Å². The van der Waals surface area contributed by atoms with E-state index < -0.39 is 0 Å². The normalized spacial score (nSPS) is 23.5. The molecule has 0 bridgehead atoms. The third-order valence-electron chi connectivity index (χ3n) is 2.92. The minimum Gasteiger partial charge on any atom is -0.396 e. The van der Waals surface area contributed by atoms with Crippen molar-refractivity contribution in [2.75, 3.05) is 18.8 Å². The van der Waals surface area contributed by atoms with E-state index in [0.717, 1.165) is 12.2 Å². The summed E-state index contributed by atoms with van der Waals surface area (Å²) in [5.41, 5.74) is 6.40. The van der Waals surface area contributed by atoms with E-state index in [0.29, 0.717) is 12.1 Å². The smallest absolute Gasteiger partial charge is 0.0719 e. The van der Waals surface area contributed by atoms with Gasteiger partial charge in [0.05, 0.1) is 17.9 Å². The van der Waals surface area contributed by atoms with Crippen LogP contribution < -0.4 is 5.73 Å². The number of nitrogens with zero attached hydrogens (tertiary/aromatic N) is 3. The van der Waals surface area contributed by atoms with Gasteiger partial charge in [0, 0.05) is 25.3 Å². The van der Waals surface area contributed by atoms with Gasteiger partial charge in [-0.15, -0.1) is 0 Å². The lowest BCUT2D eigenvalue weighted by atomic mass is 10.3. The molecule has 1 unspecified atom stereocenters. The first-order valence-corrected chi connectivity index (χ1v) is 5.20. The first kappa shape index (κ1) is 9.52. The van der Waals surface area contributed by atoms with Gasteiger partial charge in [0.2, 0.25) is 0 Å². The molecule has 0 amide bonds. The zero-order chi connectivity index (χ0) is 10.1. The maximum Gasteiger partial charge on any atom is 0.0719 e. The van der Waals surface area contributed by atoms with Crippen LogP contribution in [0.1, 0.15) is 26.3 Å². The fourth-order valence-corrected chi connectivity index (χ4v) is 2.01. The molecule has 4 nitrogen and oxygen atoms in total. The van der Waals surface area contributed by atoms with Gasteiger partial charge in [-0.1, -0.05) is 0 Å². The second-order valence-corrected chi connectivity index (χ2v) is 4.28. The summed E-state index contributed by atoms with van der Waals surface area (Å²) in [7, 11) is 0. The third-order valence-corrected chi connectivity index (χ3v) is 2.92. The largest absolute Gasteiger partial charge is 0.396 e. The number of aromatic nitrogens is 2. The first-order valence-electron chi connectivity index (χ1n) is 5.20. The molecule has 14 heavy (non-hydrogen) atoms. The van der Waals surface area contributed by atoms with Gasteiger partial charge in [0.15, 0.2) is 0 Å². The summed E-state index contributed by atoms with van der Waals surface area (Å²) in [4.78, 5) is 2.47. The molecule has 1 aliphatic rings. The fourth-order valence-electron chi connectivity index (χ4n) is 2.01. The van der Waals surface area contributed by atoms with Crippen molar-refractivity contribution in [2.45, 2.75) is 32.4 Å². The highest BCUT2D eigenvalue weighted by atomic mass is 15.3. The molecule has 0 aromatic carbocycles. The van der Waals surface area contributed by atoms with Crippen LogP contribution in [0.15, 0.2) is 12.4 Å². The Balaban J connectivity index is 2.02. The third kappa shape index (κ3) is 1.75. The van der Waals surface area contributed by atoms with Crippen molar-refractivity contribution in [1.82, 2.24) is 14.7 Å². The molecule has 4 heteroatoms. The lowest BCUT2D eigenvalue weighted by molar-refractivity contribution is 0.262. The number of nitrogen functional groups attached to an aromatic ring is 1. The molecule has 2 heterocycles. The summed E-state index contributed by atoms with van der Waals surface area (Å²) in [6.07, 6.45) is 4.83. The minimum atomic E-state index is 0.509. The van der Waals surface area contributed by atoms with Crippen LogP contribution in [0.4, 0.5) is 5.69 Å². The first-order chi connectivity index (χ1) is 6.66. The molecule has 0 aliphatic carbocycles. The molecule has 78 valence electrons. The van der Waals surface area contributed by atoms with E-state index in [4.69, 9.17) is 5.73 Å². The van der Waals surface area contributed by atoms with Crippen molar-refractivity contribution < 1.29 is 0 Å². The van der Waals surface area contributed by atoms with Gasteiger partial charge in [-0.25, -0.2) is 0 Å². The SMILES string of the molecule is CC(C)N1CCC(n2cc(N)cn2)C1. The standard InChI is InChI=1S/C10H18N4/c1-8(2)13-4-3-10(7-13)14-6-9(11)5-12-14/h5-6,8,10H,3-4,7,11H2,1-2H3. The predicted octanol–water partition coefficient (Wildman–Crippen LogP) is 1.12. The van der Waals surface area contributed by atoms with Crippen LogP contribution in [0.25, 0.3) is 0 Å². The molecular weight excluding hydrogens is 176 g/mol. The van der Waals surface area contributed by atoms with E-state index in [-0.39, 0.29) is 0 Å². The molecule has 1 saturated heterocycles. The molecule has 1 atom stereocenters. The number of nitrogens with two attached hydrogens (primary N) is 1. The second kappa shape index (κ2) is 3.61. The summed E-state index contributed by atoms with van der Waals surface area (Å²) >= 11 is 0. The zero-order valence-electron chi connectivity index (χ0n) is 8.85. The van der Waals surface area contributed by atoms with E-state index in [1.807, 2.05) is 10.9 Å². The highest BCUT2D eigenvalue weighted by Gasteiger charge is 2.25.